The molecule has 0 aliphatic carbocycles. The highest BCUT2D eigenvalue weighted by atomic mass is 35.5. The van der Waals surface area contributed by atoms with Crippen molar-refractivity contribution < 1.29 is 19.0 Å². The average molecular weight is 350 g/mol. The maximum absolute atomic E-state index is 11.9. The van der Waals surface area contributed by atoms with Crippen LogP contribution < -0.4 is 19.5 Å². The van der Waals surface area contributed by atoms with Crippen LogP contribution in [0.25, 0.3) is 0 Å². The van der Waals surface area contributed by atoms with Crippen LogP contribution in [0.4, 0.5) is 0 Å². The SMILES string of the molecule is COc1ccc(OC[C@@H](C)NC(=O)COc2ccc(Cl)cc2)cc1. The number of nitrogens with one attached hydrogen (secondary N) is 1. The molecule has 0 spiro atoms. The number of rotatable bonds is 8. The number of carbonyl (C=O) groups excluding carboxylic acids is 1. The van der Waals surface area contributed by atoms with Gasteiger partial charge >= 0.3 is 0 Å². The topological polar surface area (TPSA) is 56.8 Å². The van der Waals surface area contributed by atoms with Gasteiger partial charge in [0.25, 0.3) is 5.91 Å². The maximum Gasteiger partial charge on any atom is 0.258 e. The molecular formula is C18H20ClNO4. The Hall–Kier alpha value is -2.40. The summed E-state index contributed by atoms with van der Waals surface area (Å²) >= 11 is 5.79. The number of ether oxygens (including phenoxy) is 3. The molecule has 1 atom stereocenters. The van der Waals surface area contributed by atoms with E-state index in [1.165, 1.54) is 0 Å². The van der Waals surface area contributed by atoms with Gasteiger partial charge < -0.3 is 19.5 Å². The van der Waals surface area contributed by atoms with Gasteiger partial charge in [-0.25, -0.2) is 0 Å². The third-order valence-electron chi connectivity index (χ3n) is 3.15. The van der Waals surface area contributed by atoms with Crippen molar-refractivity contribution in [2.75, 3.05) is 20.3 Å². The number of amides is 1. The lowest BCUT2D eigenvalue weighted by atomic mass is 10.3. The second-order valence-electron chi connectivity index (χ2n) is 5.20. The monoisotopic (exact) mass is 349 g/mol. The molecule has 0 unspecified atom stereocenters. The van der Waals surface area contributed by atoms with Crippen LogP contribution >= 0.6 is 11.6 Å². The van der Waals surface area contributed by atoms with Gasteiger partial charge in [-0.2, -0.15) is 0 Å². The molecule has 0 radical (unpaired) electrons. The molecule has 1 amide bonds. The summed E-state index contributed by atoms with van der Waals surface area (Å²) in [6, 6.07) is 14.0. The molecule has 0 aliphatic rings. The minimum Gasteiger partial charge on any atom is -0.497 e. The Balaban J connectivity index is 1.69. The fourth-order valence-electron chi connectivity index (χ4n) is 1.93. The molecule has 24 heavy (non-hydrogen) atoms. The highest BCUT2D eigenvalue weighted by Crippen LogP contribution is 2.17. The van der Waals surface area contributed by atoms with Crippen LogP contribution in [0.2, 0.25) is 5.02 Å². The Bertz CT molecular complexity index is 643. The van der Waals surface area contributed by atoms with Gasteiger partial charge in [-0.15, -0.1) is 0 Å². The normalized spacial score (nSPS) is 11.5. The summed E-state index contributed by atoms with van der Waals surface area (Å²) in [7, 11) is 1.61. The first-order valence-electron chi connectivity index (χ1n) is 7.51. The van der Waals surface area contributed by atoms with Crippen LogP contribution in [0.15, 0.2) is 48.5 Å². The van der Waals surface area contributed by atoms with Gasteiger partial charge in [0.2, 0.25) is 0 Å². The molecule has 0 saturated heterocycles. The van der Waals surface area contributed by atoms with Crippen molar-refractivity contribution in [2.45, 2.75) is 13.0 Å². The van der Waals surface area contributed by atoms with Crippen molar-refractivity contribution in [3.8, 4) is 17.2 Å². The molecule has 128 valence electrons. The highest BCUT2D eigenvalue weighted by Gasteiger charge is 2.09. The van der Waals surface area contributed by atoms with E-state index in [0.717, 1.165) is 5.75 Å². The standard InChI is InChI=1S/C18H20ClNO4/c1-13(11-23-17-9-7-15(22-2)8-10-17)20-18(21)12-24-16-5-3-14(19)4-6-16/h3-10,13H,11-12H2,1-2H3,(H,20,21)/t13-/m1/s1. The minimum atomic E-state index is -0.212. The van der Waals surface area contributed by atoms with Crippen molar-refractivity contribution in [1.29, 1.82) is 0 Å². The fraction of sp³-hybridized carbons (Fsp3) is 0.278. The largest absolute Gasteiger partial charge is 0.497 e. The highest BCUT2D eigenvalue weighted by molar-refractivity contribution is 6.30. The molecule has 0 heterocycles. The van der Waals surface area contributed by atoms with E-state index in [9.17, 15) is 4.79 Å². The van der Waals surface area contributed by atoms with E-state index >= 15 is 0 Å². The third kappa shape index (κ3) is 6.01. The predicted octanol–water partition coefficient (Wildman–Crippen LogP) is 3.31. The van der Waals surface area contributed by atoms with Crippen molar-refractivity contribution in [2.24, 2.45) is 0 Å². The fourth-order valence-corrected chi connectivity index (χ4v) is 2.06. The van der Waals surface area contributed by atoms with E-state index in [-0.39, 0.29) is 18.6 Å². The summed E-state index contributed by atoms with van der Waals surface area (Å²) in [5.74, 6) is 1.87. The zero-order chi connectivity index (χ0) is 17.4. The first-order valence-corrected chi connectivity index (χ1v) is 7.89. The number of carbonyl (C=O) groups is 1. The zero-order valence-corrected chi connectivity index (χ0v) is 14.4. The first-order chi connectivity index (χ1) is 11.6. The van der Waals surface area contributed by atoms with Crippen LogP contribution in [0.3, 0.4) is 0 Å². The van der Waals surface area contributed by atoms with Crippen LogP contribution in [-0.4, -0.2) is 32.3 Å². The smallest absolute Gasteiger partial charge is 0.258 e. The number of hydrogen-bond acceptors (Lipinski definition) is 4. The molecule has 2 rings (SSSR count). The van der Waals surface area contributed by atoms with E-state index in [0.29, 0.717) is 23.1 Å². The Morgan fingerprint density at radius 1 is 1.00 bits per heavy atom. The summed E-state index contributed by atoms with van der Waals surface area (Å²) < 4.78 is 16.1. The number of hydrogen-bond donors (Lipinski definition) is 1. The third-order valence-corrected chi connectivity index (χ3v) is 3.40. The molecule has 6 heteroatoms. The number of halogens is 1. The molecule has 5 nitrogen and oxygen atoms in total. The molecule has 2 aromatic rings. The van der Waals surface area contributed by atoms with Gasteiger partial charge in [-0.3, -0.25) is 4.79 Å². The number of methoxy groups -OCH3 is 1. The van der Waals surface area contributed by atoms with E-state index < -0.39 is 0 Å². The summed E-state index contributed by atoms with van der Waals surface area (Å²) in [4.78, 5) is 11.9. The van der Waals surface area contributed by atoms with Gasteiger partial charge in [0.15, 0.2) is 6.61 Å². The van der Waals surface area contributed by atoms with Crippen molar-refractivity contribution in [3.63, 3.8) is 0 Å². The van der Waals surface area contributed by atoms with Gasteiger partial charge in [0.1, 0.15) is 23.9 Å². The van der Waals surface area contributed by atoms with E-state index in [1.807, 2.05) is 31.2 Å². The molecular weight excluding hydrogens is 330 g/mol. The summed E-state index contributed by atoms with van der Waals surface area (Å²) in [6.45, 7) is 2.16. The van der Waals surface area contributed by atoms with Crippen LogP contribution in [0.5, 0.6) is 17.2 Å². The lowest BCUT2D eigenvalue weighted by Gasteiger charge is -2.15. The summed E-state index contributed by atoms with van der Waals surface area (Å²) in [6.07, 6.45) is 0. The van der Waals surface area contributed by atoms with Crippen molar-refractivity contribution in [3.05, 3.63) is 53.6 Å². The van der Waals surface area contributed by atoms with Gasteiger partial charge in [-0.05, 0) is 55.5 Å². The average Bonchev–Trinajstić information content (AvgIpc) is 2.60. The Labute approximate surface area is 146 Å². The molecule has 1 N–H and O–H groups in total. The van der Waals surface area contributed by atoms with Crippen LogP contribution in [0.1, 0.15) is 6.92 Å². The van der Waals surface area contributed by atoms with Gasteiger partial charge in [0, 0.05) is 5.02 Å². The molecule has 2 aromatic carbocycles. The van der Waals surface area contributed by atoms with E-state index in [4.69, 9.17) is 25.8 Å². The number of benzene rings is 2. The molecule has 0 aliphatic heterocycles. The second-order valence-corrected chi connectivity index (χ2v) is 5.63. The predicted molar refractivity (Wildman–Crippen MR) is 93.0 cm³/mol. The summed E-state index contributed by atoms with van der Waals surface area (Å²) in [5.41, 5.74) is 0. The molecule has 0 saturated carbocycles. The van der Waals surface area contributed by atoms with Gasteiger partial charge in [-0.1, -0.05) is 11.6 Å². The molecule has 0 fully saturated rings. The second kappa shape index (κ2) is 9.03. The Kier molecular flexibility index (Phi) is 6.75. The first kappa shape index (κ1) is 17.9. The maximum atomic E-state index is 11.9. The molecule has 0 bridgehead atoms. The van der Waals surface area contributed by atoms with E-state index in [1.54, 1.807) is 31.4 Å². The molecule has 0 aromatic heterocycles. The van der Waals surface area contributed by atoms with Gasteiger partial charge in [0.05, 0.1) is 13.2 Å². The van der Waals surface area contributed by atoms with Crippen molar-refractivity contribution in [1.82, 2.24) is 5.32 Å². The Morgan fingerprint density at radius 2 is 1.54 bits per heavy atom. The van der Waals surface area contributed by atoms with Crippen LogP contribution in [0, 0.1) is 0 Å². The lowest BCUT2D eigenvalue weighted by Crippen LogP contribution is -2.39. The summed E-state index contributed by atoms with van der Waals surface area (Å²) in [5, 5.41) is 3.44. The van der Waals surface area contributed by atoms with Crippen LogP contribution in [-0.2, 0) is 4.79 Å². The van der Waals surface area contributed by atoms with Crippen molar-refractivity contribution >= 4 is 17.5 Å². The minimum absolute atomic E-state index is 0.0610. The van der Waals surface area contributed by atoms with E-state index in [2.05, 4.69) is 5.32 Å². The zero-order valence-electron chi connectivity index (χ0n) is 13.6. The lowest BCUT2D eigenvalue weighted by molar-refractivity contribution is -0.123. The quantitative estimate of drug-likeness (QED) is 0.794. The Morgan fingerprint density at radius 3 is 2.17 bits per heavy atom.